The van der Waals surface area contributed by atoms with Gasteiger partial charge in [-0.3, -0.25) is 0 Å². The van der Waals surface area contributed by atoms with Crippen molar-refractivity contribution in [2.24, 2.45) is 0 Å². The van der Waals surface area contributed by atoms with Crippen LogP contribution in [0.5, 0.6) is 0 Å². The van der Waals surface area contributed by atoms with Crippen LogP contribution in [0.2, 0.25) is 0 Å². The van der Waals surface area contributed by atoms with Gasteiger partial charge in [0.05, 0.1) is 0 Å². The molecule has 0 bridgehead atoms. The van der Waals surface area contributed by atoms with Gasteiger partial charge in [0.25, 0.3) is 0 Å². The Morgan fingerprint density at radius 3 is 2.60 bits per heavy atom. The van der Waals surface area contributed by atoms with Crippen molar-refractivity contribution in [2.75, 3.05) is 0 Å². The summed E-state index contributed by atoms with van der Waals surface area (Å²) in [6.45, 7) is 0. The molecule has 15 heavy (non-hydrogen) atoms. The number of amides is 1. The molecule has 1 unspecified atom stereocenters. The Bertz CT molecular complexity index is 381. The van der Waals surface area contributed by atoms with Crippen LogP contribution in [0.25, 0.3) is 6.08 Å². The summed E-state index contributed by atoms with van der Waals surface area (Å²) in [7, 11) is 0. The van der Waals surface area contributed by atoms with E-state index in [0.29, 0.717) is 0 Å². The van der Waals surface area contributed by atoms with Gasteiger partial charge in [-0.1, -0.05) is 0 Å². The van der Waals surface area contributed by atoms with Crippen LogP contribution in [0.1, 0.15) is 17.0 Å². The molecule has 1 aliphatic rings. The van der Waals surface area contributed by atoms with Crippen molar-refractivity contribution in [1.29, 1.82) is 0 Å². The average molecular weight is 277 g/mol. The van der Waals surface area contributed by atoms with Crippen molar-refractivity contribution in [3.8, 4) is 0 Å². The van der Waals surface area contributed by atoms with Gasteiger partial charge in [-0.15, -0.1) is 0 Å². The minimum absolute atomic E-state index is 0. The molecular formula is C10H8Cl2NOTi. The number of hydrogen-bond donors (Lipinski definition) is 1. The second-order valence-electron chi connectivity index (χ2n) is 2.95. The fourth-order valence-electron chi connectivity index (χ4n) is 1.56. The van der Waals surface area contributed by atoms with Crippen LogP contribution < -0.4 is 28.6 Å². The first-order chi connectivity index (χ1) is 6.33. The molecule has 2 nitrogen and oxygen atoms in total. The van der Waals surface area contributed by atoms with Crippen LogP contribution >= 0.6 is 0 Å². The standard InChI is InChI=1S/C10H9NO.2ClH.Ti/c11-10(12)9-6-5-7-3-1-2-4-8(7)9;;;/h1-6,9H,(H2,11,12);2*1H;/q;;;+3/p-3. The quantitative estimate of drug-likeness (QED) is 0.514. The minimum Gasteiger partial charge on any atom is -1.00 e. The van der Waals surface area contributed by atoms with E-state index in [2.05, 4.69) is 3.80 Å². The molecule has 1 atom stereocenters. The normalized spacial score (nSPS) is 16.0. The minimum atomic E-state index is -0.0961. The predicted octanol–water partition coefficient (Wildman–Crippen LogP) is -4.62. The van der Waals surface area contributed by atoms with Crippen molar-refractivity contribution < 1.29 is 50.3 Å². The van der Waals surface area contributed by atoms with Gasteiger partial charge in [-0.25, -0.2) is 0 Å². The Morgan fingerprint density at radius 1 is 1.27 bits per heavy atom. The van der Waals surface area contributed by atoms with Gasteiger partial charge in [-0.05, 0) is 0 Å². The molecule has 0 spiro atoms. The van der Waals surface area contributed by atoms with Gasteiger partial charge in [-0.2, -0.15) is 0 Å². The zero-order chi connectivity index (χ0) is 9.26. The van der Waals surface area contributed by atoms with Gasteiger partial charge in [0.15, 0.2) is 0 Å². The number of carbonyl (C=O) groups is 1. The molecule has 77 valence electrons. The predicted molar refractivity (Wildman–Crippen MR) is 46.4 cm³/mol. The monoisotopic (exact) mass is 276 g/mol. The molecule has 1 amide bonds. The number of hydrogen-bond acceptors (Lipinski definition) is 1. The number of fused-ring (bicyclic) bond motifs is 1. The van der Waals surface area contributed by atoms with Crippen LogP contribution in [-0.2, 0) is 25.5 Å². The first kappa shape index (κ1) is 14.7. The van der Waals surface area contributed by atoms with Gasteiger partial charge in [0.2, 0.25) is 0 Å². The Labute approximate surface area is 113 Å². The molecular weight excluding hydrogens is 269 g/mol. The average Bonchev–Trinajstić information content (AvgIpc) is 2.60. The zero-order valence-electron chi connectivity index (χ0n) is 7.71. The van der Waals surface area contributed by atoms with Crippen molar-refractivity contribution in [3.05, 3.63) is 41.5 Å². The fraction of sp³-hybridized carbons (Fsp3) is 0.100. The largest absolute Gasteiger partial charge is 1.00 e. The summed E-state index contributed by atoms with van der Waals surface area (Å²) >= 11 is 1.66. The summed E-state index contributed by atoms with van der Waals surface area (Å²) in [5.74, 6) is -0.0394. The third kappa shape index (κ3) is 2.85. The maximum atomic E-state index is 11.4. The van der Waals surface area contributed by atoms with E-state index in [4.69, 9.17) is 0 Å². The number of rotatable bonds is 1. The smallest absolute Gasteiger partial charge is 1.00 e. The van der Waals surface area contributed by atoms with E-state index in [0.717, 1.165) is 11.1 Å². The Morgan fingerprint density at radius 2 is 1.93 bits per heavy atom. The van der Waals surface area contributed by atoms with E-state index in [1.807, 2.05) is 36.4 Å². The SMILES string of the molecule is O=C([NH][Ti+2])C1C=Cc2ccccc21.[Cl-].[Cl-]. The molecule has 0 aliphatic heterocycles. The molecule has 0 radical (unpaired) electrons. The van der Waals surface area contributed by atoms with Gasteiger partial charge >= 0.3 is 88.7 Å². The Kier molecular flexibility index (Phi) is 6.22. The summed E-state index contributed by atoms with van der Waals surface area (Å²) in [6, 6.07) is 7.96. The van der Waals surface area contributed by atoms with E-state index in [-0.39, 0.29) is 36.6 Å². The molecule has 2 rings (SSSR count). The second kappa shape index (κ2) is 6.34. The number of nitrogens with one attached hydrogen (secondary N) is 1. The zero-order valence-corrected chi connectivity index (χ0v) is 10.8. The van der Waals surface area contributed by atoms with Crippen molar-refractivity contribution in [2.45, 2.75) is 5.92 Å². The summed E-state index contributed by atoms with van der Waals surface area (Å²) < 4.78 is 2.66. The van der Waals surface area contributed by atoms with Gasteiger partial charge in [0, 0.05) is 0 Å². The van der Waals surface area contributed by atoms with Crippen molar-refractivity contribution >= 4 is 12.0 Å². The molecule has 1 N–H and O–H groups in total. The Hall–Kier alpha value is -0.276. The van der Waals surface area contributed by atoms with E-state index in [1.165, 1.54) is 0 Å². The molecule has 0 saturated carbocycles. The molecule has 0 heterocycles. The number of halogens is 2. The van der Waals surface area contributed by atoms with E-state index >= 15 is 0 Å². The first-order valence-electron chi connectivity index (χ1n) is 4.06. The van der Waals surface area contributed by atoms with E-state index in [9.17, 15) is 4.79 Å². The molecule has 1 aliphatic carbocycles. The molecule has 0 saturated heterocycles. The van der Waals surface area contributed by atoms with Crippen molar-refractivity contribution in [3.63, 3.8) is 0 Å². The molecule has 1 aromatic carbocycles. The summed E-state index contributed by atoms with van der Waals surface area (Å²) in [5, 5.41) is 0. The number of benzene rings is 1. The molecule has 1 aromatic rings. The maximum Gasteiger partial charge on any atom is -1.00 e. The third-order valence-electron chi connectivity index (χ3n) is 2.20. The fourth-order valence-corrected chi connectivity index (χ4v) is 1.80. The van der Waals surface area contributed by atoms with Crippen LogP contribution in [0, 0.1) is 0 Å². The van der Waals surface area contributed by atoms with Crippen LogP contribution in [0.3, 0.4) is 0 Å². The van der Waals surface area contributed by atoms with Crippen LogP contribution in [0.4, 0.5) is 0 Å². The van der Waals surface area contributed by atoms with Crippen LogP contribution in [0.15, 0.2) is 30.3 Å². The number of carbonyl (C=O) groups excluding carboxylic acids is 1. The van der Waals surface area contributed by atoms with Crippen molar-refractivity contribution in [1.82, 2.24) is 3.80 Å². The summed E-state index contributed by atoms with van der Waals surface area (Å²) in [5.41, 5.74) is 2.25. The van der Waals surface area contributed by atoms with E-state index in [1.54, 1.807) is 20.7 Å². The molecule has 0 fully saturated rings. The molecule has 5 heteroatoms. The first-order valence-corrected chi connectivity index (χ1v) is 4.84. The maximum absolute atomic E-state index is 11.4. The summed E-state index contributed by atoms with van der Waals surface area (Å²) in [6.07, 6.45) is 3.93. The topological polar surface area (TPSA) is 29.1 Å². The Balaban J connectivity index is 0.000000980. The van der Waals surface area contributed by atoms with Gasteiger partial charge < -0.3 is 24.8 Å². The van der Waals surface area contributed by atoms with E-state index < -0.39 is 0 Å². The van der Waals surface area contributed by atoms with Gasteiger partial charge in [0.1, 0.15) is 0 Å². The molecule has 0 aromatic heterocycles. The summed E-state index contributed by atoms with van der Waals surface area (Å²) in [4.78, 5) is 11.4. The second-order valence-corrected chi connectivity index (χ2v) is 3.35. The van der Waals surface area contributed by atoms with Crippen LogP contribution in [-0.4, -0.2) is 5.91 Å². The third-order valence-corrected chi connectivity index (χ3v) is 2.59.